The van der Waals surface area contributed by atoms with Crippen molar-refractivity contribution in [2.24, 2.45) is 10.9 Å². The number of halogens is 2. The first kappa shape index (κ1) is 10.2. The van der Waals surface area contributed by atoms with Gasteiger partial charge >= 0.3 is 0 Å². The summed E-state index contributed by atoms with van der Waals surface area (Å²) in [5.74, 6) is 0.284. The van der Waals surface area contributed by atoms with Crippen molar-refractivity contribution in [2.45, 2.75) is 19.4 Å². The fourth-order valence-electron chi connectivity index (χ4n) is 1.81. The summed E-state index contributed by atoms with van der Waals surface area (Å²) in [5.41, 5.74) is 1.23. The fraction of sp³-hybridized carbons (Fsp3) is 0.364. The van der Waals surface area contributed by atoms with E-state index >= 15 is 0 Å². The lowest BCUT2D eigenvalue weighted by Crippen LogP contribution is -2.20. The second-order valence-electron chi connectivity index (χ2n) is 3.57. The van der Waals surface area contributed by atoms with Crippen LogP contribution in [-0.4, -0.2) is 12.3 Å². The summed E-state index contributed by atoms with van der Waals surface area (Å²) in [5, 5.41) is 0.811. The topological polar surface area (TPSA) is 12.4 Å². The highest BCUT2D eigenvalue weighted by molar-refractivity contribution is 9.11. The first-order valence-corrected chi connectivity index (χ1v) is 5.78. The van der Waals surface area contributed by atoms with Gasteiger partial charge in [-0.3, -0.25) is 4.99 Å². The van der Waals surface area contributed by atoms with Crippen LogP contribution in [0.5, 0.6) is 0 Å². The second-order valence-corrected chi connectivity index (χ2v) is 4.92. The van der Waals surface area contributed by atoms with Crippen molar-refractivity contribution >= 4 is 33.7 Å². The minimum Gasteiger partial charge on any atom is -0.288 e. The number of hydrogen-bond acceptors (Lipinski definition) is 1. The summed E-state index contributed by atoms with van der Waals surface area (Å²) < 4.78 is 1.19. The molecule has 74 valence electrons. The molecule has 0 saturated carbocycles. The third-order valence-corrected chi connectivity index (χ3v) is 3.60. The monoisotopic (exact) mass is 271 g/mol. The van der Waals surface area contributed by atoms with E-state index in [9.17, 15) is 0 Å². The number of allylic oxidation sites excluding steroid dienone is 3. The molecule has 0 bridgehead atoms. The van der Waals surface area contributed by atoms with Crippen molar-refractivity contribution in [3.63, 3.8) is 0 Å². The van der Waals surface area contributed by atoms with Gasteiger partial charge in [-0.15, -0.1) is 0 Å². The molecule has 0 aromatic rings. The molecule has 1 aliphatic carbocycles. The van der Waals surface area contributed by atoms with Crippen molar-refractivity contribution in [1.82, 2.24) is 0 Å². The van der Waals surface area contributed by atoms with Gasteiger partial charge in [-0.25, -0.2) is 0 Å². The van der Waals surface area contributed by atoms with Crippen LogP contribution in [0.4, 0.5) is 0 Å². The lowest BCUT2D eigenvalue weighted by atomic mass is 9.89. The van der Waals surface area contributed by atoms with Gasteiger partial charge in [-0.1, -0.05) is 39.7 Å². The van der Waals surface area contributed by atoms with Gasteiger partial charge < -0.3 is 0 Å². The van der Waals surface area contributed by atoms with E-state index in [0.717, 1.165) is 11.5 Å². The lowest BCUT2D eigenvalue weighted by Gasteiger charge is -2.24. The van der Waals surface area contributed by atoms with Crippen LogP contribution in [0.2, 0.25) is 0 Å². The van der Waals surface area contributed by atoms with E-state index in [-0.39, 0.29) is 12.0 Å². The molecule has 2 aliphatic rings. The number of aliphatic imine (C=N–C) groups is 1. The highest BCUT2D eigenvalue weighted by Gasteiger charge is 2.26. The number of rotatable bonds is 0. The molecular formula is C11H11BrClN. The Bertz CT molecular complexity index is 365. The standard InChI is InChI=1S/C11H11BrClN/c1-7-5-8(13)6-9-10(12)3-2-4-14-11(7)9/h3-6,9,11H,2H2,1H3. The zero-order valence-corrected chi connectivity index (χ0v) is 10.2. The van der Waals surface area contributed by atoms with E-state index in [1.54, 1.807) is 0 Å². The Labute approximate surface area is 97.4 Å². The molecule has 1 heterocycles. The molecule has 0 N–H and O–H groups in total. The van der Waals surface area contributed by atoms with Crippen LogP contribution in [-0.2, 0) is 0 Å². The van der Waals surface area contributed by atoms with Crippen LogP contribution in [0, 0.1) is 5.92 Å². The summed E-state index contributed by atoms with van der Waals surface area (Å²) in [6.45, 7) is 2.08. The van der Waals surface area contributed by atoms with Crippen LogP contribution in [0.3, 0.4) is 0 Å². The Morgan fingerprint density at radius 2 is 2.36 bits per heavy atom. The van der Waals surface area contributed by atoms with E-state index in [2.05, 4.69) is 40.0 Å². The van der Waals surface area contributed by atoms with Crippen LogP contribution >= 0.6 is 27.5 Å². The number of hydrogen-bond donors (Lipinski definition) is 0. The third kappa shape index (κ3) is 1.86. The smallest absolute Gasteiger partial charge is 0.0814 e. The maximum atomic E-state index is 6.03. The number of fused-ring (bicyclic) bond motifs is 1. The van der Waals surface area contributed by atoms with Crippen LogP contribution < -0.4 is 0 Å². The molecule has 0 aromatic carbocycles. The van der Waals surface area contributed by atoms with Crippen molar-refractivity contribution < 1.29 is 0 Å². The molecule has 2 atom stereocenters. The third-order valence-electron chi connectivity index (χ3n) is 2.51. The number of nitrogens with zero attached hydrogens (tertiary/aromatic N) is 1. The van der Waals surface area contributed by atoms with Crippen molar-refractivity contribution in [1.29, 1.82) is 0 Å². The van der Waals surface area contributed by atoms with Gasteiger partial charge in [0.1, 0.15) is 0 Å². The lowest BCUT2D eigenvalue weighted by molar-refractivity contribution is 0.650. The molecule has 2 rings (SSSR count). The maximum absolute atomic E-state index is 6.03. The zero-order valence-electron chi connectivity index (χ0n) is 7.87. The SMILES string of the molecule is CC1=CC(Cl)=CC2C(Br)=CCC=NC12. The summed E-state index contributed by atoms with van der Waals surface area (Å²) in [6, 6.07) is 0.227. The Hall–Kier alpha value is -0.340. The van der Waals surface area contributed by atoms with Gasteiger partial charge in [-0.05, 0) is 18.6 Å². The Balaban J connectivity index is 2.42. The molecule has 0 spiro atoms. The van der Waals surface area contributed by atoms with Gasteiger partial charge in [0.2, 0.25) is 0 Å². The van der Waals surface area contributed by atoms with Gasteiger partial charge in [0.25, 0.3) is 0 Å². The second kappa shape index (κ2) is 4.03. The molecule has 0 saturated heterocycles. The summed E-state index contributed by atoms with van der Waals surface area (Å²) in [6.07, 6.45) is 9.06. The highest BCUT2D eigenvalue weighted by atomic mass is 79.9. The molecule has 14 heavy (non-hydrogen) atoms. The minimum absolute atomic E-state index is 0.227. The molecule has 0 fully saturated rings. The van der Waals surface area contributed by atoms with Crippen LogP contribution in [0.15, 0.2) is 38.3 Å². The van der Waals surface area contributed by atoms with E-state index in [1.165, 1.54) is 10.1 Å². The van der Waals surface area contributed by atoms with E-state index in [0.29, 0.717) is 0 Å². The van der Waals surface area contributed by atoms with E-state index in [1.807, 2.05) is 12.3 Å². The normalized spacial score (nSPS) is 31.2. The van der Waals surface area contributed by atoms with E-state index < -0.39 is 0 Å². The molecule has 0 aromatic heterocycles. The van der Waals surface area contributed by atoms with Gasteiger partial charge in [0.05, 0.1) is 6.04 Å². The first-order valence-electron chi connectivity index (χ1n) is 4.61. The zero-order chi connectivity index (χ0) is 10.1. The molecule has 1 aliphatic heterocycles. The van der Waals surface area contributed by atoms with Crippen molar-refractivity contribution in [3.8, 4) is 0 Å². The van der Waals surface area contributed by atoms with Crippen molar-refractivity contribution in [3.05, 3.63) is 33.3 Å². The Kier molecular flexibility index (Phi) is 2.93. The minimum atomic E-state index is 0.227. The van der Waals surface area contributed by atoms with E-state index in [4.69, 9.17) is 11.6 Å². The summed E-state index contributed by atoms with van der Waals surface area (Å²) in [7, 11) is 0. The average Bonchev–Trinajstić information content (AvgIpc) is 2.29. The quantitative estimate of drug-likeness (QED) is 0.636. The predicted octanol–water partition coefficient (Wildman–Crippen LogP) is 3.81. The molecule has 0 radical (unpaired) electrons. The summed E-state index contributed by atoms with van der Waals surface area (Å²) in [4.78, 5) is 4.53. The average molecular weight is 273 g/mol. The van der Waals surface area contributed by atoms with Crippen LogP contribution in [0.1, 0.15) is 13.3 Å². The van der Waals surface area contributed by atoms with Crippen LogP contribution in [0.25, 0.3) is 0 Å². The van der Waals surface area contributed by atoms with Gasteiger partial charge in [-0.2, -0.15) is 0 Å². The molecule has 1 nitrogen and oxygen atoms in total. The van der Waals surface area contributed by atoms with Gasteiger partial charge in [0.15, 0.2) is 0 Å². The first-order chi connectivity index (χ1) is 6.68. The van der Waals surface area contributed by atoms with Gasteiger partial charge in [0, 0.05) is 28.1 Å². The molecular weight excluding hydrogens is 261 g/mol. The Morgan fingerprint density at radius 3 is 3.14 bits per heavy atom. The summed E-state index contributed by atoms with van der Waals surface area (Å²) >= 11 is 9.62. The molecule has 2 unspecified atom stereocenters. The van der Waals surface area contributed by atoms with Crippen molar-refractivity contribution in [2.75, 3.05) is 0 Å². The fourth-order valence-corrected chi connectivity index (χ4v) is 2.69. The predicted molar refractivity (Wildman–Crippen MR) is 65.1 cm³/mol. The molecule has 0 amide bonds. The Morgan fingerprint density at radius 1 is 1.57 bits per heavy atom. The highest BCUT2D eigenvalue weighted by Crippen LogP contribution is 2.35. The molecule has 3 heteroatoms. The largest absolute Gasteiger partial charge is 0.288 e. The maximum Gasteiger partial charge on any atom is 0.0814 e.